The molecule has 2 aliphatic rings. The number of carbonyl (C=O) groups is 2. The van der Waals surface area contributed by atoms with Gasteiger partial charge in [-0.25, -0.2) is 0 Å². The molecule has 0 bridgehead atoms. The van der Waals surface area contributed by atoms with E-state index in [1.807, 2.05) is 24.3 Å². The standard InChI is InChI=1S/C28H27ClN4O4/c1-32-8-10-33(11-9-32)7-4-12-37-23-15-20-18(14-22(23)34)24-21(30-20)13-17(16-5-2-3-6-19(16)29)25-26(24)28(36)31-27(25)35/h2-3,5-6,13-15,30,34H,4,7-12H2,1H3,(H,31,35,36). The van der Waals surface area contributed by atoms with Crippen molar-refractivity contribution in [3.63, 3.8) is 0 Å². The third-order valence-corrected chi connectivity index (χ3v) is 7.61. The molecule has 8 nitrogen and oxygen atoms in total. The van der Waals surface area contributed by atoms with Crippen LogP contribution in [0.1, 0.15) is 27.1 Å². The first-order chi connectivity index (χ1) is 17.9. The first kappa shape index (κ1) is 23.8. The lowest BCUT2D eigenvalue weighted by Crippen LogP contribution is -2.44. The van der Waals surface area contributed by atoms with Crippen molar-refractivity contribution in [2.45, 2.75) is 6.42 Å². The molecule has 0 saturated carbocycles. The molecule has 2 amide bonds. The maximum absolute atomic E-state index is 12.9. The number of aromatic nitrogens is 1. The Hall–Kier alpha value is -3.59. The summed E-state index contributed by atoms with van der Waals surface area (Å²) >= 11 is 6.45. The van der Waals surface area contributed by atoms with E-state index < -0.39 is 11.8 Å². The second kappa shape index (κ2) is 9.37. The van der Waals surface area contributed by atoms with E-state index in [1.54, 1.807) is 18.2 Å². The summed E-state index contributed by atoms with van der Waals surface area (Å²) in [6.07, 6.45) is 0.852. The highest BCUT2D eigenvalue weighted by Gasteiger charge is 2.34. The molecule has 3 aromatic carbocycles. The van der Waals surface area contributed by atoms with Crippen LogP contribution in [0.3, 0.4) is 0 Å². The van der Waals surface area contributed by atoms with Crippen molar-refractivity contribution >= 4 is 45.2 Å². The molecule has 2 aliphatic heterocycles. The average molecular weight is 519 g/mol. The number of amides is 2. The SMILES string of the molecule is CN1CCN(CCCOc2cc3[nH]c4cc(-c5ccccc5Cl)c5c(c4c3cc2O)C(=O)NC5=O)CC1. The molecule has 4 aromatic rings. The second-order valence-electron chi connectivity index (χ2n) is 9.70. The number of piperazine rings is 1. The largest absolute Gasteiger partial charge is 0.504 e. The Kier molecular flexibility index (Phi) is 6.03. The lowest BCUT2D eigenvalue weighted by atomic mass is 9.93. The number of halogens is 1. The number of phenols is 1. The zero-order chi connectivity index (χ0) is 25.7. The van der Waals surface area contributed by atoms with E-state index in [4.69, 9.17) is 16.3 Å². The molecule has 6 rings (SSSR count). The number of benzene rings is 3. The normalized spacial score (nSPS) is 16.5. The number of aromatic hydroxyl groups is 1. The van der Waals surface area contributed by atoms with Gasteiger partial charge < -0.3 is 24.6 Å². The monoisotopic (exact) mass is 518 g/mol. The smallest absolute Gasteiger partial charge is 0.259 e. The van der Waals surface area contributed by atoms with Gasteiger partial charge in [0.1, 0.15) is 0 Å². The van der Waals surface area contributed by atoms with Gasteiger partial charge >= 0.3 is 0 Å². The Morgan fingerprint density at radius 3 is 2.51 bits per heavy atom. The predicted octanol–water partition coefficient (Wildman–Crippen LogP) is 4.25. The number of carbonyl (C=O) groups excluding carboxylic acids is 2. The van der Waals surface area contributed by atoms with Crippen LogP contribution in [0.25, 0.3) is 32.9 Å². The molecular weight excluding hydrogens is 492 g/mol. The molecule has 37 heavy (non-hydrogen) atoms. The summed E-state index contributed by atoms with van der Waals surface area (Å²) in [7, 11) is 2.14. The average Bonchev–Trinajstić information content (AvgIpc) is 3.38. The number of rotatable bonds is 6. The van der Waals surface area contributed by atoms with E-state index in [-0.39, 0.29) is 16.9 Å². The highest BCUT2D eigenvalue weighted by molar-refractivity contribution is 6.36. The lowest BCUT2D eigenvalue weighted by molar-refractivity contribution is 0.0880. The molecule has 3 N–H and O–H groups in total. The molecule has 1 aromatic heterocycles. The Morgan fingerprint density at radius 1 is 0.973 bits per heavy atom. The van der Waals surface area contributed by atoms with Crippen LogP contribution in [-0.2, 0) is 0 Å². The second-order valence-corrected chi connectivity index (χ2v) is 10.1. The molecule has 1 fully saturated rings. The summed E-state index contributed by atoms with van der Waals surface area (Å²) in [5.41, 5.74) is 3.18. The van der Waals surface area contributed by atoms with Crippen molar-refractivity contribution in [2.24, 2.45) is 0 Å². The molecule has 0 unspecified atom stereocenters. The zero-order valence-electron chi connectivity index (χ0n) is 20.4. The van der Waals surface area contributed by atoms with E-state index in [2.05, 4.69) is 27.1 Å². The van der Waals surface area contributed by atoms with E-state index in [9.17, 15) is 14.7 Å². The molecule has 1 saturated heterocycles. The molecule has 3 heterocycles. The van der Waals surface area contributed by atoms with Crippen LogP contribution in [-0.4, -0.2) is 78.1 Å². The minimum atomic E-state index is -0.469. The minimum absolute atomic E-state index is 0.0124. The van der Waals surface area contributed by atoms with Crippen molar-refractivity contribution in [2.75, 3.05) is 46.4 Å². The first-order valence-electron chi connectivity index (χ1n) is 12.4. The number of hydrogen-bond donors (Lipinski definition) is 3. The number of ether oxygens (including phenoxy) is 1. The Labute approximate surface area is 218 Å². The molecule has 0 aliphatic carbocycles. The van der Waals surface area contributed by atoms with Crippen LogP contribution in [0.15, 0.2) is 42.5 Å². The summed E-state index contributed by atoms with van der Waals surface area (Å²) in [5, 5.41) is 14.9. The van der Waals surface area contributed by atoms with E-state index in [0.717, 1.165) is 39.1 Å². The maximum Gasteiger partial charge on any atom is 0.259 e. The molecular formula is C28H27ClN4O4. The van der Waals surface area contributed by atoms with Gasteiger partial charge in [-0.2, -0.15) is 0 Å². The highest BCUT2D eigenvalue weighted by atomic mass is 35.5. The quantitative estimate of drug-likeness (QED) is 0.261. The summed E-state index contributed by atoms with van der Waals surface area (Å²) in [6.45, 7) is 5.69. The van der Waals surface area contributed by atoms with Gasteiger partial charge in [0.15, 0.2) is 11.5 Å². The van der Waals surface area contributed by atoms with Gasteiger partial charge in [-0.05, 0) is 37.2 Å². The van der Waals surface area contributed by atoms with Crippen molar-refractivity contribution in [1.82, 2.24) is 20.1 Å². The van der Waals surface area contributed by atoms with Crippen molar-refractivity contribution in [3.05, 3.63) is 58.6 Å². The number of nitrogens with zero attached hydrogens (tertiary/aromatic N) is 2. The maximum atomic E-state index is 12.9. The number of nitrogens with one attached hydrogen (secondary N) is 2. The molecule has 0 spiro atoms. The predicted molar refractivity (Wildman–Crippen MR) is 144 cm³/mol. The fraction of sp³-hybridized carbons (Fsp3) is 0.286. The van der Waals surface area contributed by atoms with Gasteiger partial charge in [-0.1, -0.05) is 29.8 Å². The van der Waals surface area contributed by atoms with Crippen LogP contribution in [0.4, 0.5) is 0 Å². The van der Waals surface area contributed by atoms with Gasteiger partial charge in [0.2, 0.25) is 0 Å². The van der Waals surface area contributed by atoms with E-state index >= 15 is 0 Å². The van der Waals surface area contributed by atoms with Gasteiger partial charge in [0, 0.05) is 65.7 Å². The molecule has 0 atom stereocenters. The van der Waals surface area contributed by atoms with Gasteiger partial charge in [0.05, 0.1) is 23.3 Å². The molecule has 190 valence electrons. The topological polar surface area (TPSA) is 97.9 Å². The minimum Gasteiger partial charge on any atom is -0.504 e. The van der Waals surface area contributed by atoms with Crippen LogP contribution in [0, 0.1) is 0 Å². The summed E-state index contributed by atoms with van der Waals surface area (Å²) in [4.78, 5) is 33.8. The van der Waals surface area contributed by atoms with E-state index in [1.165, 1.54) is 0 Å². The number of aromatic amines is 1. The van der Waals surface area contributed by atoms with Crippen LogP contribution in [0.2, 0.25) is 5.02 Å². The third-order valence-electron chi connectivity index (χ3n) is 7.28. The van der Waals surface area contributed by atoms with Crippen molar-refractivity contribution < 1.29 is 19.4 Å². The van der Waals surface area contributed by atoms with Crippen molar-refractivity contribution in [3.8, 4) is 22.6 Å². The Morgan fingerprint density at radius 2 is 1.73 bits per heavy atom. The number of hydrogen-bond acceptors (Lipinski definition) is 6. The Bertz CT molecular complexity index is 1560. The number of likely N-dealkylation sites (N-methyl/N-ethyl adjacent to an activating group) is 1. The third kappa shape index (κ3) is 4.21. The van der Waals surface area contributed by atoms with Crippen molar-refractivity contribution in [1.29, 1.82) is 0 Å². The lowest BCUT2D eigenvalue weighted by Gasteiger charge is -2.32. The van der Waals surface area contributed by atoms with Gasteiger partial charge in [0.25, 0.3) is 11.8 Å². The number of fused-ring (bicyclic) bond motifs is 5. The molecule has 9 heteroatoms. The molecule has 0 radical (unpaired) electrons. The summed E-state index contributed by atoms with van der Waals surface area (Å²) in [5.74, 6) is -0.568. The zero-order valence-corrected chi connectivity index (χ0v) is 21.2. The van der Waals surface area contributed by atoms with Crippen LogP contribution < -0.4 is 10.1 Å². The fourth-order valence-corrected chi connectivity index (χ4v) is 5.56. The number of H-pyrrole nitrogens is 1. The summed E-state index contributed by atoms with van der Waals surface area (Å²) in [6, 6.07) is 12.4. The highest BCUT2D eigenvalue weighted by Crippen LogP contribution is 2.42. The number of phenolic OH excluding ortho intramolecular Hbond substituents is 1. The Balaban J connectivity index is 1.34. The van der Waals surface area contributed by atoms with Gasteiger partial charge in [-0.15, -0.1) is 0 Å². The fourth-order valence-electron chi connectivity index (χ4n) is 5.33. The summed E-state index contributed by atoms with van der Waals surface area (Å²) < 4.78 is 5.93. The number of imide groups is 1. The van der Waals surface area contributed by atoms with E-state index in [0.29, 0.717) is 50.3 Å². The van der Waals surface area contributed by atoms with Gasteiger partial charge in [-0.3, -0.25) is 14.9 Å². The van der Waals surface area contributed by atoms with Crippen LogP contribution >= 0.6 is 11.6 Å². The van der Waals surface area contributed by atoms with Crippen LogP contribution in [0.5, 0.6) is 11.5 Å². The first-order valence-corrected chi connectivity index (χ1v) is 12.8.